The predicted octanol–water partition coefficient (Wildman–Crippen LogP) is 1.84. The summed E-state index contributed by atoms with van der Waals surface area (Å²) < 4.78 is 44.6. The van der Waals surface area contributed by atoms with E-state index in [2.05, 4.69) is 0 Å². The number of rotatable bonds is 10. The Morgan fingerprint density at radius 1 is 0.893 bits per heavy atom. The van der Waals surface area contributed by atoms with Gasteiger partial charge in [0.25, 0.3) is 0 Å². The maximum atomic E-state index is 12.7. The van der Waals surface area contributed by atoms with Crippen molar-refractivity contribution < 1.29 is 46.9 Å². The molecule has 1 saturated heterocycles. The van der Waals surface area contributed by atoms with Crippen LogP contribution in [0.1, 0.15) is 41.0 Å². The molecule has 10 nitrogen and oxygen atoms in total. The fraction of sp³-hybridized carbons (Fsp3) is 0.824. The number of carbonyl (C=O) groups excluding carboxylic acids is 3. The van der Waals surface area contributed by atoms with Gasteiger partial charge in [-0.25, -0.2) is 0 Å². The highest BCUT2D eigenvalue weighted by molar-refractivity contribution is 7.53. The minimum Gasteiger partial charge on any atom is -0.456 e. The highest BCUT2D eigenvalue weighted by atomic mass is 31.2. The molecular formula is C17H29O10P. The maximum Gasteiger partial charge on any atom is 0.330 e. The molecule has 4 atom stereocenters. The van der Waals surface area contributed by atoms with Gasteiger partial charge in [0.2, 0.25) is 0 Å². The van der Waals surface area contributed by atoms with Crippen molar-refractivity contribution in [3.8, 4) is 0 Å². The lowest BCUT2D eigenvalue weighted by Crippen LogP contribution is -2.57. The van der Waals surface area contributed by atoms with Crippen LogP contribution in [0.3, 0.4) is 0 Å². The second kappa shape index (κ2) is 11.5. The van der Waals surface area contributed by atoms with Crippen molar-refractivity contribution in [2.75, 3.05) is 26.0 Å². The predicted molar refractivity (Wildman–Crippen MR) is 96.7 cm³/mol. The van der Waals surface area contributed by atoms with Gasteiger partial charge in [-0.1, -0.05) is 0 Å². The van der Waals surface area contributed by atoms with E-state index in [0.717, 1.165) is 0 Å². The molecule has 0 saturated carbocycles. The first-order valence-electron chi connectivity index (χ1n) is 9.13. The Hall–Kier alpha value is -1.48. The van der Waals surface area contributed by atoms with Gasteiger partial charge in [0, 0.05) is 20.8 Å². The van der Waals surface area contributed by atoms with Gasteiger partial charge >= 0.3 is 25.5 Å². The molecule has 1 aliphatic rings. The van der Waals surface area contributed by atoms with Crippen molar-refractivity contribution in [2.24, 2.45) is 0 Å². The zero-order valence-electron chi connectivity index (χ0n) is 16.9. The summed E-state index contributed by atoms with van der Waals surface area (Å²) in [7, 11) is -3.35. The Morgan fingerprint density at radius 2 is 1.39 bits per heavy atom. The third-order valence-corrected chi connectivity index (χ3v) is 5.90. The number of hydrogen-bond donors (Lipinski definition) is 0. The molecular weight excluding hydrogens is 395 g/mol. The summed E-state index contributed by atoms with van der Waals surface area (Å²) in [6.07, 6.45) is -3.62. The molecule has 28 heavy (non-hydrogen) atoms. The van der Waals surface area contributed by atoms with Crippen LogP contribution < -0.4 is 0 Å². The largest absolute Gasteiger partial charge is 0.456 e. The summed E-state index contributed by atoms with van der Waals surface area (Å²) in [5, 5.41) is 0. The fourth-order valence-electron chi connectivity index (χ4n) is 2.91. The van der Waals surface area contributed by atoms with Gasteiger partial charge in [-0.15, -0.1) is 0 Å². The molecule has 0 radical (unpaired) electrons. The molecule has 11 heteroatoms. The van der Waals surface area contributed by atoms with Crippen molar-refractivity contribution in [1.29, 1.82) is 0 Å². The van der Waals surface area contributed by atoms with Crippen LogP contribution in [0, 0.1) is 0 Å². The van der Waals surface area contributed by atoms with Crippen molar-refractivity contribution in [2.45, 2.75) is 65.5 Å². The smallest absolute Gasteiger partial charge is 0.330 e. The number of ether oxygens (including phenoxy) is 4. The highest BCUT2D eigenvalue weighted by Gasteiger charge is 2.47. The average Bonchev–Trinajstić information content (AvgIpc) is 2.56. The monoisotopic (exact) mass is 424 g/mol. The summed E-state index contributed by atoms with van der Waals surface area (Å²) in [4.78, 5) is 34.5. The normalized spacial score (nSPS) is 25.0. The summed E-state index contributed by atoms with van der Waals surface area (Å²) in [6, 6.07) is 0. The molecule has 1 rings (SSSR count). The van der Waals surface area contributed by atoms with Gasteiger partial charge < -0.3 is 28.0 Å². The van der Waals surface area contributed by atoms with Crippen molar-refractivity contribution in [3.63, 3.8) is 0 Å². The van der Waals surface area contributed by atoms with Crippen LogP contribution in [0.4, 0.5) is 0 Å². The van der Waals surface area contributed by atoms with Crippen LogP contribution >= 0.6 is 7.60 Å². The molecule has 0 N–H and O–H groups in total. The van der Waals surface area contributed by atoms with Crippen LogP contribution in [0.25, 0.3) is 0 Å². The van der Waals surface area contributed by atoms with Crippen molar-refractivity contribution in [3.05, 3.63) is 0 Å². The topological polar surface area (TPSA) is 124 Å². The highest BCUT2D eigenvalue weighted by Crippen LogP contribution is 2.49. The van der Waals surface area contributed by atoms with E-state index >= 15 is 0 Å². The Morgan fingerprint density at radius 3 is 1.86 bits per heavy atom. The number of hydrogen-bond acceptors (Lipinski definition) is 10. The molecule has 0 aliphatic carbocycles. The van der Waals surface area contributed by atoms with Gasteiger partial charge in [-0.05, 0) is 20.3 Å². The SMILES string of the molecule is CCOP(=O)(CCC1OCC(OC(C)=O)C(OC(C)=O)C1OC(C)=O)OCC. The van der Waals surface area contributed by atoms with Crippen molar-refractivity contribution in [1.82, 2.24) is 0 Å². The lowest BCUT2D eigenvalue weighted by molar-refractivity contribution is -0.225. The van der Waals surface area contributed by atoms with Gasteiger partial charge in [0.1, 0.15) is 0 Å². The zero-order chi connectivity index (χ0) is 21.3. The van der Waals surface area contributed by atoms with Crippen LogP contribution in [-0.4, -0.2) is 68.3 Å². The molecule has 0 spiro atoms. The molecule has 0 aromatic rings. The summed E-state index contributed by atoms with van der Waals surface area (Å²) in [5.41, 5.74) is 0. The Labute approximate surface area is 164 Å². The lowest BCUT2D eigenvalue weighted by atomic mass is 9.97. The molecule has 1 heterocycles. The first kappa shape index (κ1) is 24.6. The molecule has 0 amide bonds. The summed E-state index contributed by atoms with van der Waals surface area (Å²) >= 11 is 0. The third-order valence-electron chi connectivity index (χ3n) is 3.79. The van der Waals surface area contributed by atoms with Gasteiger partial charge in [0.05, 0.1) is 32.1 Å². The van der Waals surface area contributed by atoms with E-state index < -0.39 is 49.9 Å². The van der Waals surface area contributed by atoms with E-state index in [1.165, 1.54) is 20.8 Å². The molecule has 0 aromatic carbocycles. The molecule has 4 unspecified atom stereocenters. The van der Waals surface area contributed by atoms with Crippen LogP contribution in [0.2, 0.25) is 0 Å². The van der Waals surface area contributed by atoms with E-state index in [1.54, 1.807) is 13.8 Å². The summed E-state index contributed by atoms with van der Waals surface area (Å²) in [5.74, 6) is -1.85. The average molecular weight is 424 g/mol. The van der Waals surface area contributed by atoms with Gasteiger partial charge in [-0.2, -0.15) is 0 Å². The van der Waals surface area contributed by atoms with Gasteiger partial charge in [-0.3, -0.25) is 18.9 Å². The second-order valence-corrected chi connectivity index (χ2v) is 8.31. The van der Waals surface area contributed by atoms with Crippen LogP contribution in [0.5, 0.6) is 0 Å². The zero-order valence-corrected chi connectivity index (χ0v) is 17.8. The molecule has 1 fully saturated rings. The molecule has 0 aromatic heterocycles. The second-order valence-electron chi connectivity index (χ2n) is 6.13. The van der Waals surface area contributed by atoms with E-state index in [4.69, 9.17) is 28.0 Å². The first-order valence-corrected chi connectivity index (χ1v) is 10.9. The fourth-order valence-corrected chi connectivity index (χ4v) is 4.60. The standard InChI is InChI=1S/C17H29O10P/c1-6-23-28(21,24-7-2)9-8-14-16(26-12(4)19)17(27-13(5)20)15(10-22-14)25-11(3)18/h14-17H,6-10H2,1-5H3. The minimum atomic E-state index is -3.35. The third kappa shape index (κ3) is 7.87. The molecule has 1 aliphatic heterocycles. The van der Waals surface area contributed by atoms with E-state index in [1.807, 2.05) is 0 Å². The first-order chi connectivity index (χ1) is 13.1. The molecule has 0 bridgehead atoms. The number of carbonyl (C=O) groups is 3. The Bertz CT molecular complexity index is 582. The van der Waals surface area contributed by atoms with Gasteiger partial charge in [0.15, 0.2) is 18.3 Å². The maximum absolute atomic E-state index is 12.7. The Kier molecular flexibility index (Phi) is 10.1. The minimum absolute atomic E-state index is 0.0160. The summed E-state index contributed by atoms with van der Waals surface area (Å²) in [6.45, 7) is 7.34. The Balaban J connectivity index is 3.02. The quantitative estimate of drug-likeness (QED) is 0.291. The van der Waals surface area contributed by atoms with Crippen molar-refractivity contribution >= 4 is 25.5 Å². The van der Waals surface area contributed by atoms with Crippen LogP contribution in [-0.2, 0) is 46.9 Å². The number of esters is 3. The van der Waals surface area contributed by atoms with E-state index in [-0.39, 0.29) is 32.4 Å². The molecule has 162 valence electrons. The lowest BCUT2D eigenvalue weighted by Gasteiger charge is -2.40. The van der Waals surface area contributed by atoms with E-state index in [9.17, 15) is 18.9 Å². The van der Waals surface area contributed by atoms with E-state index in [0.29, 0.717) is 0 Å². The van der Waals surface area contributed by atoms with Crippen LogP contribution in [0.15, 0.2) is 0 Å².